The van der Waals surface area contributed by atoms with Crippen LogP contribution in [0.25, 0.3) is 22.2 Å². The minimum Gasteiger partial charge on any atom is -0.548 e. The number of rotatable bonds is 7. The van der Waals surface area contributed by atoms with Crippen LogP contribution in [0, 0.1) is 11.8 Å². The molecule has 0 aliphatic rings. The van der Waals surface area contributed by atoms with Crippen LogP contribution >= 0.6 is 0 Å². The van der Waals surface area contributed by atoms with Gasteiger partial charge in [0.25, 0.3) is 5.91 Å². The van der Waals surface area contributed by atoms with Gasteiger partial charge in [-0.15, -0.1) is 0 Å². The van der Waals surface area contributed by atoms with Gasteiger partial charge in [-0.1, -0.05) is 30.2 Å². The van der Waals surface area contributed by atoms with Gasteiger partial charge >= 0.3 is 59.1 Å². The Labute approximate surface area is 262 Å². The number of carbonyl (C=O) groups is 3. The van der Waals surface area contributed by atoms with Crippen molar-refractivity contribution in [2.45, 2.75) is 12.5 Å². The normalized spacial score (nSPS) is 10.6. The number of carboxylic acid groups (broad SMARTS) is 2. The van der Waals surface area contributed by atoms with E-state index >= 15 is 0 Å². The van der Waals surface area contributed by atoms with Crippen molar-refractivity contribution in [3.63, 3.8) is 0 Å². The predicted molar refractivity (Wildman–Crippen MR) is 123 cm³/mol. The molecule has 0 aliphatic heterocycles. The second kappa shape index (κ2) is 14.7. The third-order valence-corrected chi connectivity index (χ3v) is 5.27. The molecule has 1 unspecified atom stereocenters. The van der Waals surface area contributed by atoms with Crippen LogP contribution in [0.15, 0.2) is 73.6 Å². The zero-order valence-electron chi connectivity index (χ0n) is 20.7. The number of aliphatic carboxylic acids is 2. The molecule has 0 saturated carbocycles. The van der Waals surface area contributed by atoms with Gasteiger partial charge in [0.15, 0.2) is 0 Å². The number of carbonyl (C=O) groups excluding carboxylic acids is 3. The van der Waals surface area contributed by atoms with E-state index < -0.39 is 30.4 Å². The van der Waals surface area contributed by atoms with Crippen LogP contribution in [0.4, 0.5) is 0 Å². The van der Waals surface area contributed by atoms with Gasteiger partial charge in [0, 0.05) is 41.8 Å². The van der Waals surface area contributed by atoms with E-state index in [1.807, 2.05) is 0 Å². The first-order valence-electron chi connectivity index (χ1n) is 10.7. The molecular formula is C26H17N5Na2O5. The van der Waals surface area contributed by atoms with Crippen LogP contribution in [0.2, 0.25) is 0 Å². The molecular weight excluding hydrogens is 508 g/mol. The molecule has 12 heteroatoms. The molecule has 0 fully saturated rings. The van der Waals surface area contributed by atoms with Crippen LogP contribution in [0.5, 0.6) is 0 Å². The first-order chi connectivity index (χ1) is 17.4. The smallest absolute Gasteiger partial charge is 0.548 e. The number of benzene rings is 2. The summed E-state index contributed by atoms with van der Waals surface area (Å²) in [4.78, 5) is 52.9. The van der Waals surface area contributed by atoms with Gasteiger partial charge in [0.05, 0.1) is 35.6 Å². The summed E-state index contributed by atoms with van der Waals surface area (Å²) >= 11 is 0. The van der Waals surface area contributed by atoms with E-state index in [9.17, 15) is 24.6 Å². The fourth-order valence-electron chi connectivity index (χ4n) is 3.53. The van der Waals surface area contributed by atoms with E-state index in [0.717, 1.165) is 11.1 Å². The molecule has 2 heterocycles. The maximum absolute atomic E-state index is 12.8. The first kappa shape index (κ1) is 31.1. The Hall–Kier alpha value is -3.17. The number of carboxylic acids is 2. The SMILES string of the molecule is O=C([O-])CN(C(=O)C#Cc1ccc2nccnc2c1)C(Cc1ccc(-c2cncnc2)cc1)C(=O)[O-].[Na+].[Na+]. The number of aromatic nitrogens is 4. The van der Waals surface area contributed by atoms with Gasteiger partial charge in [-0.25, -0.2) is 9.97 Å². The van der Waals surface area contributed by atoms with Gasteiger partial charge in [-0.2, -0.15) is 0 Å². The largest absolute Gasteiger partial charge is 1.00 e. The second-order valence-corrected chi connectivity index (χ2v) is 7.68. The molecule has 178 valence electrons. The molecule has 1 atom stereocenters. The van der Waals surface area contributed by atoms with E-state index in [1.165, 1.54) is 12.5 Å². The number of fused-ring (bicyclic) bond motifs is 1. The Morgan fingerprint density at radius 3 is 2.16 bits per heavy atom. The van der Waals surface area contributed by atoms with E-state index in [-0.39, 0.29) is 65.5 Å². The van der Waals surface area contributed by atoms with Gasteiger partial charge in [-0.05, 0) is 35.7 Å². The van der Waals surface area contributed by atoms with Crippen molar-refractivity contribution in [3.8, 4) is 23.0 Å². The summed E-state index contributed by atoms with van der Waals surface area (Å²) < 4.78 is 0. The quantitative estimate of drug-likeness (QED) is 0.169. The summed E-state index contributed by atoms with van der Waals surface area (Å²) in [7, 11) is 0. The van der Waals surface area contributed by atoms with Crippen LogP contribution < -0.4 is 69.3 Å². The maximum Gasteiger partial charge on any atom is 1.00 e. The second-order valence-electron chi connectivity index (χ2n) is 7.68. The Kier molecular flexibility index (Phi) is 12.0. The van der Waals surface area contributed by atoms with Crippen LogP contribution in [-0.2, 0) is 20.8 Å². The van der Waals surface area contributed by atoms with E-state index in [1.54, 1.807) is 61.1 Å². The topological polar surface area (TPSA) is 152 Å². The van der Waals surface area contributed by atoms with Crippen LogP contribution in [0.3, 0.4) is 0 Å². The minimum absolute atomic E-state index is 0. The fourth-order valence-corrected chi connectivity index (χ4v) is 3.53. The van der Waals surface area contributed by atoms with E-state index in [4.69, 9.17) is 0 Å². The Morgan fingerprint density at radius 2 is 1.53 bits per heavy atom. The monoisotopic (exact) mass is 525 g/mol. The molecule has 0 aliphatic carbocycles. The van der Waals surface area contributed by atoms with Crippen molar-refractivity contribution in [3.05, 3.63) is 84.7 Å². The summed E-state index contributed by atoms with van der Waals surface area (Å²) in [6.45, 7) is -0.963. The molecule has 10 nitrogen and oxygen atoms in total. The average molecular weight is 525 g/mol. The molecule has 2 aromatic heterocycles. The Bertz CT molecular complexity index is 1490. The van der Waals surface area contributed by atoms with Crippen molar-refractivity contribution in [1.29, 1.82) is 0 Å². The molecule has 4 aromatic rings. The van der Waals surface area contributed by atoms with Crippen molar-refractivity contribution >= 4 is 28.9 Å². The molecule has 0 N–H and O–H groups in total. The van der Waals surface area contributed by atoms with E-state index in [0.29, 0.717) is 27.1 Å². The van der Waals surface area contributed by atoms with Gasteiger partial charge < -0.3 is 24.7 Å². The molecule has 0 radical (unpaired) electrons. The van der Waals surface area contributed by atoms with Crippen LogP contribution in [0.1, 0.15) is 11.1 Å². The number of hydrogen-bond acceptors (Lipinski definition) is 9. The van der Waals surface area contributed by atoms with E-state index in [2.05, 4.69) is 31.8 Å². The standard InChI is InChI=1S/C26H19N5O5.2Na/c32-24(8-4-17-3-7-21-22(11-17)30-10-9-29-21)31(15-25(33)34)23(26(35)36)12-18-1-5-19(6-2-18)20-13-27-16-28-14-20;;/h1-3,5-7,9-11,13-14,16,23H,12,15H2,(H,33,34)(H,35,36);;/q;2*+1/p-2. The maximum atomic E-state index is 12.8. The summed E-state index contributed by atoms with van der Waals surface area (Å²) in [5, 5.41) is 23.3. The third kappa shape index (κ3) is 8.16. The van der Waals surface area contributed by atoms with Gasteiger partial charge in [0.1, 0.15) is 6.33 Å². The molecule has 2 aromatic carbocycles. The summed E-state index contributed by atoms with van der Waals surface area (Å²) in [6.07, 6.45) is 7.53. The number of nitrogens with zero attached hydrogens (tertiary/aromatic N) is 5. The first-order valence-corrected chi connectivity index (χ1v) is 10.7. The molecule has 0 bridgehead atoms. The zero-order chi connectivity index (χ0) is 25.5. The minimum atomic E-state index is -1.63. The number of hydrogen-bond donors (Lipinski definition) is 0. The molecule has 4 rings (SSSR count). The summed E-state index contributed by atoms with van der Waals surface area (Å²) in [6, 6.07) is 10.1. The molecule has 0 saturated heterocycles. The zero-order valence-corrected chi connectivity index (χ0v) is 24.7. The van der Waals surface area contributed by atoms with Crippen LogP contribution in [-0.4, -0.2) is 55.3 Å². The molecule has 0 spiro atoms. The van der Waals surface area contributed by atoms with Crippen molar-refractivity contribution in [2.24, 2.45) is 0 Å². The summed E-state index contributed by atoms with van der Waals surface area (Å²) in [5.41, 5.74) is 3.73. The van der Waals surface area contributed by atoms with Crippen molar-refractivity contribution in [1.82, 2.24) is 24.8 Å². The predicted octanol–water partition coefficient (Wildman–Crippen LogP) is -6.61. The Morgan fingerprint density at radius 1 is 0.868 bits per heavy atom. The van der Waals surface area contributed by atoms with Crippen molar-refractivity contribution in [2.75, 3.05) is 6.54 Å². The molecule has 38 heavy (non-hydrogen) atoms. The van der Waals surface area contributed by atoms with Crippen molar-refractivity contribution < 1.29 is 83.7 Å². The van der Waals surface area contributed by atoms with Gasteiger partial charge in [-0.3, -0.25) is 14.8 Å². The fraction of sp³-hybridized carbons (Fsp3) is 0.115. The third-order valence-electron chi connectivity index (χ3n) is 5.27. The average Bonchev–Trinajstić information content (AvgIpc) is 2.89. The Balaban J connectivity index is 0.00000253. The molecule has 1 amide bonds. The number of amides is 1. The summed E-state index contributed by atoms with van der Waals surface area (Å²) in [5.74, 6) is 0.699. The van der Waals surface area contributed by atoms with Gasteiger partial charge in [0.2, 0.25) is 0 Å².